The van der Waals surface area contributed by atoms with Gasteiger partial charge in [-0.3, -0.25) is 0 Å². The third-order valence-electron chi connectivity index (χ3n) is 3.81. The third-order valence-corrected chi connectivity index (χ3v) is 6.20. The number of aryl methyl sites for hydroxylation is 2. The van der Waals surface area contributed by atoms with Crippen molar-refractivity contribution in [1.82, 2.24) is 9.97 Å². The van der Waals surface area contributed by atoms with Gasteiger partial charge in [-0.25, -0.2) is 9.97 Å². The zero-order valence-electron chi connectivity index (χ0n) is 12.2. The normalized spacial score (nSPS) is 11.6. The molecule has 116 valence electrons. The molecule has 0 atom stereocenters. The zero-order valence-corrected chi connectivity index (χ0v) is 15.6. The van der Waals surface area contributed by atoms with Gasteiger partial charge in [0, 0.05) is 0 Å². The van der Waals surface area contributed by atoms with E-state index in [-0.39, 0.29) is 0 Å². The lowest BCUT2D eigenvalue weighted by Gasteiger charge is -2.03. The molecule has 0 N–H and O–H groups in total. The first-order valence-corrected chi connectivity index (χ1v) is 9.87. The molecular weight excluding hydrogens is 360 g/mol. The minimum atomic E-state index is 0.832. The van der Waals surface area contributed by atoms with Crippen molar-refractivity contribution in [3.8, 4) is 0 Å². The van der Waals surface area contributed by atoms with Gasteiger partial charge in [-0.1, -0.05) is 12.1 Å². The second-order valence-electron chi connectivity index (χ2n) is 5.45. The highest BCUT2D eigenvalue weighted by Gasteiger charge is 2.04. The highest BCUT2D eigenvalue weighted by atomic mass is 32.2. The molecule has 0 unspecified atom stereocenters. The Balaban J connectivity index is 1.44. The SMILES string of the molecule is Sc1nc2ccc(CCCc3ccc4nc(S)sc4c3)cc2s1. The Hall–Kier alpha value is -1.08. The average molecular weight is 375 g/mol. The van der Waals surface area contributed by atoms with E-state index >= 15 is 0 Å². The molecule has 4 rings (SSSR count). The van der Waals surface area contributed by atoms with Gasteiger partial charge in [0.25, 0.3) is 0 Å². The van der Waals surface area contributed by atoms with Gasteiger partial charge in [-0.05, 0) is 54.7 Å². The Morgan fingerprint density at radius 3 is 1.70 bits per heavy atom. The molecular formula is C17H14N2S4. The van der Waals surface area contributed by atoms with E-state index in [1.807, 2.05) is 0 Å². The molecule has 0 spiro atoms. The van der Waals surface area contributed by atoms with Crippen molar-refractivity contribution in [2.75, 3.05) is 0 Å². The molecule has 0 saturated carbocycles. The van der Waals surface area contributed by atoms with E-state index in [1.165, 1.54) is 20.5 Å². The van der Waals surface area contributed by atoms with E-state index in [0.29, 0.717) is 0 Å². The standard InChI is InChI=1S/C17H14N2S4/c20-16-18-12-6-4-10(8-14(12)22-16)2-1-3-11-5-7-13-15(9-11)23-17(21)19-13/h4-9H,1-3H2,(H,18,20)(H,19,21). The molecule has 23 heavy (non-hydrogen) atoms. The monoisotopic (exact) mass is 374 g/mol. The Morgan fingerprint density at radius 1 is 0.739 bits per heavy atom. The molecule has 0 aliphatic rings. The summed E-state index contributed by atoms with van der Waals surface area (Å²) in [6.45, 7) is 0. The molecule has 0 amide bonds. The fourth-order valence-electron chi connectivity index (χ4n) is 2.72. The van der Waals surface area contributed by atoms with Crippen LogP contribution in [0.5, 0.6) is 0 Å². The minimum Gasteiger partial charge on any atom is -0.230 e. The lowest BCUT2D eigenvalue weighted by atomic mass is 10.0. The van der Waals surface area contributed by atoms with Gasteiger partial charge in [-0.15, -0.1) is 47.9 Å². The number of thiol groups is 2. The van der Waals surface area contributed by atoms with Crippen LogP contribution in [0.25, 0.3) is 20.4 Å². The Kier molecular flexibility index (Phi) is 4.32. The van der Waals surface area contributed by atoms with Gasteiger partial charge in [-0.2, -0.15) is 0 Å². The molecule has 0 radical (unpaired) electrons. The van der Waals surface area contributed by atoms with Gasteiger partial charge in [0.1, 0.15) is 8.68 Å². The summed E-state index contributed by atoms with van der Waals surface area (Å²) in [6.07, 6.45) is 3.29. The molecule has 6 heteroatoms. The first-order valence-electron chi connectivity index (χ1n) is 7.34. The largest absolute Gasteiger partial charge is 0.230 e. The van der Waals surface area contributed by atoms with Crippen LogP contribution in [0.4, 0.5) is 0 Å². The number of hydrogen-bond acceptors (Lipinski definition) is 6. The van der Waals surface area contributed by atoms with Gasteiger partial charge in [0.15, 0.2) is 0 Å². The van der Waals surface area contributed by atoms with Gasteiger partial charge in [0.05, 0.1) is 20.4 Å². The molecule has 0 bridgehead atoms. The zero-order chi connectivity index (χ0) is 15.8. The molecule has 2 aromatic carbocycles. The van der Waals surface area contributed by atoms with Crippen LogP contribution < -0.4 is 0 Å². The van der Waals surface area contributed by atoms with Crippen molar-refractivity contribution >= 4 is 68.4 Å². The molecule has 0 aliphatic carbocycles. The van der Waals surface area contributed by atoms with Crippen molar-refractivity contribution in [3.63, 3.8) is 0 Å². The smallest absolute Gasteiger partial charge is 0.148 e. The number of aromatic nitrogens is 2. The summed E-state index contributed by atoms with van der Waals surface area (Å²) >= 11 is 11.9. The van der Waals surface area contributed by atoms with E-state index in [0.717, 1.165) is 39.0 Å². The molecule has 0 saturated heterocycles. The van der Waals surface area contributed by atoms with Crippen LogP contribution in [0, 0.1) is 0 Å². The fraction of sp³-hybridized carbons (Fsp3) is 0.176. The van der Waals surface area contributed by atoms with Crippen molar-refractivity contribution in [2.24, 2.45) is 0 Å². The van der Waals surface area contributed by atoms with E-state index in [9.17, 15) is 0 Å². The number of fused-ring (bicyclic) bond motifs is 2. The van der Waals surface area contributed by atoms with Gasteiger partial charge >= 0.3 is 0 Å². The predicted octanol–water partition coefficient (Wildman–Crippen LogP) is 5.66. The second kappa shape index (κ2) is 6.43. The first-order chi connectivity index (χ1) is 11.2. The number of thiazole rings is 2. The van der Waals surface area contributed by atoms with Crippen LogP contribution in [0.3, 0.4) is 0 Å². The van der Waals surface area contributed by atoms with Crippen molar-refractivity contribution < 1.29 is 0 Å². The maximum absolute atomic E-state index is 4.38. The van der Waals surface area contributed by atoms with E-state index in [1.54, 1.807) is 22.7 Å². The van der Waals surface area contributed by atoms with E-state index in [4.69, 9.17) is 0 Å². The summed E-state index contributed by atoms with van der Waals surface area (Å²) in [6, 6.07) is 13.0. The highest BCUT2D eigenvalue weighted by Crippen LogP contribution is 2.27. The molecule has 2 nitrogen and oxygen atoms in total. The van der Waals surface area contributed by atoms with Gasteiger partial charge in [0.2, 0.25) is 0 Å². The average Bonchev–Trinajstić information content (AvgIpc) is 3.06. The summed E-state index contributed by atoms with van der Waals surface area (Å²) < 4.78 is 4.11. The fourth-order valence-corrected chi connectivity index (χ4v) is 5.07. The van der Waals surface area contributed by atoms with Crippen molar-refractivity contribution in [2.45, 2.75) is 27.9 Å². The van der Waals surface area contributed by atoms with Crippen LogP contribution in [0.2, 0.25) is 0 Å². The summed E-state index contributed by atoms with van der Waals surface area (Å²) in [5.74, 6) is 0. The lowest BCUT2D eigenvalue weighted by molar-refractivity contribution is 0.822. The summed E-state index contributed by atoms with van der Waals surface area (Å²) in [5, 5.41) is 0. The maximum Gasteiger partial charge on any atom is 0.148 e. The van der Waals surface area contributed by atoms with E-state index in [2.05, 4.69) is 71.6 Å². The van der Waals surface area contributed by atoms with Crippen LogP contribution in [0.1, 0.15) is 17.5 Å². The van der Waals surface area contributed by atoms with Crippen LogP contribution >= 0.6 is 47.9 Å². The quantitative estimate of drug-likeness (QED) is 0.451. The van der Waals surface area contributed by atoms with Gasteiger partial charge < -0.3 is 0 Å². The van der Waals surface area contributed by atoms with Crippen molar-refractivity contribution in [3.05, 3.63) is 47.5 Å². The predicted molar refractivity (Wildman–Crippen MR) is 106 cm³/mol. The lowest BCUT2D eigenvalue weighted by Crippen LogP contribution is -1.90. The number of benzene rings is 2. The number of hydrogen-bond donors (Lipinski definition) is 2. The first kappa shape index (κ1) is 15.4. The third kappa shape index (κ3) is 3.40. The van der Waals surface area contributed by atoms with Crippen molar-refractivity contribution in [1.29, 1.82) is 0 Å². The Labute approximate surface area is 153 Å². The molecule has 4 aromatic rings. The molecule has 0 aliphatic heterocycles. The van der Waals surface area contributed by atoms with Crippen LogP contribution in [-0.4, -0.2) is 9.97 Å². The highest BCUT2D eigenvalue weighted by molar-refractivity contribution is 7.83. The van der Waals surface area contributed by atoms with E-state index < -0.39 is 0 Å². The Morgan fingerprint density at radius 2 is 1.22 bits per heavy atom. The van der Waals surface area contributed by atoms with Crippen LogP contribution in [-0.2, 0) is 12.8 Å². The molecule has 0 fully saturated rings. The minimum absolute atomic E-state index is 0.832. The summed E-state index contributed by atoms with van der Waals surface area (Å²) in [5.41, 5.74) is 4.82. The van der Waals surface area contributed by atoms with Crippen LogP contribution in [0.15, 0.2) is 45.1 Å². The topological polar surface area (TPSA) is 25.8 Å². The molecule has 2 aromatic heterocycles. The Bertz CT molecular complexity index is 907. The second-order valence-corrected chi connectivity index (χ2v) is 8.96. The number of nitrogens with zero attached hydrogens (tertiary/aromatic N) is 2. The molecule has 2 heterocycles. The summed E-state index contributed by atoms with van der Waals surface area (Å²) in [4.78, 5) is 8.77. The number of rotatable bonds is 4. The summed E-state index contributed by atoms with van der Waals surface area (Å²) in [7, 11) is 0. The maximum atomic E-state index is 4.38.